The second-order valence-electron chi connectivity index (χ2n) is 9.43. The normalized spacial score (nSPS) is 18.3. The van der Waals surface area contributed by atoms with E-state index >= 15 is 0 Å². The zero-order chi connectivity index (χ0) is 26.6. The van der Waals surface area contributed by atoms with Crippen molar-refractivity contribution >= 4 is 46.5 Å². The molecule has 5 rings (SSSR count). The molecule has 0 saturated carbocycles. The summed E-state index contributed by atoms with van der Waals surface area (Å²) in [7, 11) is 0. The Bertz CT molecular complexity index is 1370. The molecule has 0 aliphatic carbocycles. The van der Waals surface area contributed by atoms with Crippen LogP contribution in [0.15, 0.2) is 83.8 Å². The standard InChI is InChI=1S/C30H28ClN3O3S/c1-21(24-7-3-2-4-8-24)32-14-16-33(17-15-32)28(35)25-12-10-22(11-13-25)19-27-29(36)34(30(37)38-27)20-23-6-5-9-26(31)18-23/h2-13,18-19,21H,14-17,20H2,1H3/b27-19-/t21-/m1/s1. The number of halogens is 1. The Hall–Kier alpha value is -3.39. The smallest absolute Gasteiger partial charge is 0.293 e. The number of carbonyl (C=O) groups is 3. The number of amides is 3. The predicted octanol–water partition coefficient (Wildman–Crippen LogP) is 6.10. The maximum absolute atomic E-state index is 13.1. The molecule has 2 fully saturated rings. The van der Waals surface area contributed by atoms with Gasteiger partial charge in [-0.25, -0.2) is 0 Å². The van der Waals surface area contributed by atoms with Crippen molar-refractivity contribution in [1.82, 2.24) is 14.7 Å². The fourth-order valence-corrected chi connectivity index (χ4v) is 5.82. The Morgan fingerprint density at radius 2 is 1.66 bits per heavy atom. The maximum atomic E-state index is 13.1. The number of imide groups is 1. The molecule has 3 aromatic rings. The summed E-state index contributed by atoms with van der Waals surface area (Å²) in [6, 6.07) is 25.0. The molecule has 2 aliphatic heterocycles. The zero-order valence-corrected chi connectivity index (χ0v) is 22.6. The van der Waals surface area contributed by atoms with Gasteiger partial charge in [-0.2, -0.15) is 0 Å². The molecule has 2 aliphatic rings. The molecule has 194 valence electrons. The van der Waals surface area contributed by atoms with Crippen LogP contribution in [0, 0.1) is 0 Å². The van der Waals surface area contributed by atoms with E-state index < -0.39 is 0 Å². The lowest BCUT2D eigenvalue weighted by Gasteiger charge is -2.38. The highest BCUT2D eigenvalue weighted by molar-refractivity contribution is 8.18. The van der Waals surface area contributed by atoms with E-state index in [-0.39, 0.29) is 23.6 Å². The summed E-state index contributed by atoms with van der Waals surface area (Å²) >= 11 is 6.95. The van der Waals surface area contributed by atoms with Crippen molar-refractivity contribution in [3.63, 3.8) is 0 Å². The molecule has 8 heteroatoms. The highest BCUT2D eigenvalue weighted by atomic mass is 35.5. The van der Waals surface area contributed by atoms with Crippen LogP contribution in [0.3, 0.4) is 0 Å². The van der Waals surface area contributed by atoms with E-state index in [2.05, 4.69) is 36.1 Å². The fourth-order valence-electron chi connectivity index (χ4n) is 4.76. The van der Waals surface area contributed by atoms with Crippen molar-refractivity contribution in [3.8, 4) is 0 Å². The highest BCUT2D eigenvalue weighted by Gasteiger charge is 2.35. The van der Waals surface area contributed by atoms with E-state index in [1.165, 1.54) is 10.5 Å². The van der Waals surface area contributed by atoms with Crippen molar-refractivity contribution in [2.75, 3.05) is 26.2 Å². The van der Waals surface area contributed by atoms with E-state index in [0.29, 0.717) is 34.6 Å². The molecule has 0 unspecified atom stereocenters. The van der Waals surface area contributed by atoms with Crippen LogP contribution in [0.4, 0.5) is 4.79 Å². The molecule has 38 heavy (non-hydrogen) atoms. The molecule has 1 atom stereocenters. The van der Waals surface area contributed by atoms with Crippen molar-refractivity contribution in [1.29, 1.82) is 0 Å². The van der Waals surface area contributed by atoms with E-state index in [0.717, 1.165) is 36.0 Å². The Morgan fingerprint density at radius 3 is 2.34 bits per heavy atom. The van der Waals surface area contributed by atoms with Gasteiger partial charge in [0, 0.05) is 42.8 Å². The van der Waals surface area contributed by atoms with Gasteiger partial charge in [-0.05, 0) is 65.7 Å². The molecule has 2 saturated heterocycles. The quantitative estimate of drug-likeness (QED) is 0.350. The fraction of sp³-hybridized carbons (Fsp3) is 0.233. The largest absolute Gasteiger partial charge is 0.336 e. The average Bonchev–Trinajstić information content (AvgIpc) is 3.20. The number of nitrogens with zero attached hydrogens (tertiary/aromatic N) is 3. The van der Waals surface area contributed by atoms with Crippen LogP contribution in [-0.4, -0.2) is 57.9 Å². The lowest BCUT2D eigenvalue weighted by atomic mass is 10.1. The Labute approximate surface area is 231 Å². The number of thioether (sulfide) groups is 1. The van der Waals surface area contributed by atoms with Gasteiger partial charge < -0.3 is 4.90 Å². The van der Waals surface area contributed by atoms with Crippen LogP contribution in [0.25, 0.3) is 6.08 Å². The van der Waals surface area contributed by atoms with E-state index in [1.807, 2.05) is 29.2 Å². The van der Waals surface area contributed by atoms with Gasteiger partial charge in [0.05, 0.1) is 11.4 Å². The molecule has 2 heterocycles. The minimum atomic E-state index is -0.331. The van der Waals surface area contributed by atoms with Gasteiger partial charge in [0.25, 0.3) is 17.1 Å². The van der Waals surface area contributed by atoms with E-state index in [4.69, 9.17) is 11.6 Å². The molecule has 0 radical (unpaired) electrons. The van der Waals surface area contributed by atoms with Gasteiger partial charge in [0.2, 0.25) is 0 Å². The van der Waals surface area contributed by atoms with Gasteiger partial charge >= 0.3 is 0 Å². The van der Waals surface area contributed by atoms with Gasteiger partial charge in [0.1, 0.15) is 0 Å². The first-order chi connectivity index (χ1) is 18.4. The summed E-state index contributed by atoms with van der Waals surface area (Å²) in [5.74, 6) is -0.326. The molecular formula is C30H28ClN3O3S. The van der Waals surface area contributed by atoms with Crippen molar-refractivity contribution in [3.05, 3.63) is 111 Å². The van der Waals surface area contributed by atoms with Gasteiger partial charge in [-0.15, -0.1) is 0 Å². The number of hydrogen-bond acceptors (Lipinski definition) is 5. The molecule has 0 bridgehead atoms. The average molecular weight is 546 g/mol. The zero-order valence-electron chi connectivity index (χ0n) is 21.0. The van der Waals surface area contributed by atoms with Gasteiger partial charge in [0.15, 0.2) is 0 Å². The summed E-state index contributed by atoms with van der Waals surface area (Å²) < 4.78 is 0. The number of benzene rings is 3. The van der Waals surface area contributed by atoms with Crippen LogP contribution < -0.4 is 0 Å². The first kappa shape index (κ1) is 26.2. The van der Waals surface area contributed by atoms with Crippen LogP contribution in [0.2, 0.25) is 5.02 Å². The predicted molar refractivity (Wildman–Crippen MR) is 152 cm³/mol. The Morgan fingerprint density at radius 1 is 0.947 bits per heavy atom. The molecular weight excluding hydrogens is 518 g/mol. The summed E-state index contributed by atoms with van der Waals surface area (Å²) in [4.78, 5) is 44.3. The number of carbonyl (C=O) groups excluding carboxylic acids is 3. The van der Waals surface area contributed by atoms with Crippen molar-refractivity contribution < 1.29 is 14.4 Å². The van der Waals surface area contributed by atoms with E-state index in [1.54, 1.807) is 36.4 Å². The molecule has 0 N–H and O–H groups in total. The summed E-state index contributed by atoms with van der Waals surface area (Å²) in [5, 5.41) is 0.247. The SMILES string of the molecule is C[C@H](c1ccccc1)N1CCN(C(=O)c2ccc(/C=C3\SC(=O)N(Cc4cccc(Cl)c4)C3=O)cc2)CC1. The lowest BCUT2D eigenvalue weighted by molar-refractivity contribution is -0.123. The first-order valence-corrected chi connectivity index (χ1v) is 13.8. The monoisotopic (exact) mass is 545 g/mol. The second-order valence-corrected chi connectivity index (χ2v) is 10.9. The topological polar surface area (TPSA) is 60.9 Å². The van der Waals surface area contributed by atoms with Gasteiger partial charge in [-0.3, -0.25) is 24.2 Å². The van der Waals surface area contributed by atoms with Crippen molar-refractivity contribution in [2.45, 2.75) is 19.5 Å². The van der Waals surface area contributed by atoms with Crippen LogP contribution >= 0.6 is 23.4 Å². The van der Waals surface area contributed by atoms with E-state index in [9.17, 15) is 14.4 Å². The molecule has 6 nitrogen and oxygen atoms in total. The summed E-state index contributed by atoms with van der Waals surface area (Å²) in [5.41, 5.74) is 3.45. The Kier molecular flexibility index (Phi) is 7.98. The third kappa shape index (κ3) is 5.85. The second kappa shape index (κ2) is 11.6. The minimum absolute atomic E-state index is 0.00501. The third-order valence-electron chi connectivity index (χ3n) is 6.99. The Balaban J connectivity index is 1.19. The first-order valence-electron chi connectivity index (χ1n) is 12.6. The summed E-state index contributed by atoms with van der Waals surface area (Å²) in [6.45, 7) is 5.38. The van der Waals surface area contributed by atoms with Crippen LogP contribution in [0.1, 0.15) is 40.0 Å². The number of rotatable bonds is 6. The minimum Gasteiger partial charge on any atom is -0.336 e. The van der Waals surface area contributed by atoms with Crippen LogP contribution in [-0.2, 0) is 11.3 Å². The molecule has 0 aromatic heterocycles. The molecule has 0 spiro atoms. The van der Waals surface area contributed by atoms with Gasteiger partial charge in [-0.1, -0.05) is 66.2 Å². The maximum Gasteiger partial charge on any atom is 0.293 e. The highest BCUT2D eigenvalue weighted by Crippen LogP contribution is 2.33. The number of piperazine rings is 1. The molecule has 3 amide bonds. The van der Waals surface area contributed by atoms with Crippen LogP contribution in [0.5, 0.6) is 0 Å². The third-order valence-corrected chi connectivity index (χ3v) is 8.13. The number of hydrogen-bond donors (Lipinski definition) is 0. The summed E-state index contributed by atoms with van der Waals surface area (Å²) in [6.07, 6.45) is 1.70. The molecule has 3 aromatic carbocycles. The lowest BCUT2D eigenvalue weighted by Crippen LogP contribution is -2.49. The van der Waals surface area contributed by atoms with Crippen molar-refractivity contribution in [2.24, 2.45) is 0 Å².